The topological polar surface area (TPSA) is 80.3 Å². The predicted octanol–water partition coefficient (Wildman–Crippen LogP) is 6.58. The Balaban J connectivity index is 1.50. The molecule has 6 heteroatoms. The van der Waals surface area contributed by atoms with Crippen molar-refractivity contribution in [1.82, 2.24) is 5.32 Å². The van der Waals surface area contributed by atoms with Gasteiger partial charge in [0.15, 0.2) is 0 Å². The Kier molecular flexibility index (Phi) is 9.73. The van der Waals surface area contributed by atoms with Crippen LogP contribution in [0, 0.1) is 11.3 Å². The normalized spacial score (nSPS) is 10.6. The molecule has 188 valence electrons. The lowest BCUT2D eigenvalue weighted by Gasteiger charge is -2.16. The van der Waals surface area contributed by atoms with Gasteiger partial charge < -0.3 is 20.5 Å². The summed E-state index contributed by atoms with van der Waals surface area (Å²) in [5.74, 6) is 1.47. The molecular formula is C31H30BrN3O2. The number of nitriles is 1. The molecule has 37 heavy (non-hydrogen) atoms. The highest BCUT2D eigenvalue weighted by molar-refractivity contribution is 9.10. The van der Waals surface area contributed by atoms with E-state index in [4.69, 9.17) is 15.2 Å². The molecule has 4 aromatic carbocycles. The average Bonchev–Trinajstić information content (AvgIpc) is 2.95. The van der Waals surface area contributed by atoms with Crippen LogP contribution in [0.3, 0.4) is 0 Å². The summed E-state index contributed by atoms with van der Waals surface area (Å²) >= 11 is 3.78. The summed E-state index contributed by atoms with van der Waals surface area (Å²) in [5.41, 5.74) is 11.6. The van der Waals surface area contributed by atoms with Crippen LogP contribution in [0.1, 0.15) is 28.7 Å². The molecule has 0 saturated carbocycles. The van der Waals surface area contributed by atoms with Gasteiger partial charge in [-0.05, 0) is 70.3 Å². The molecule has 0 aliphatic heterocycles. The van der Waals surface area contributed by atoms with Crippen LogP contribution in [0.4, 0.5) is 0 Å². The fourth-order valence-electron chi connectivity index (χ4n) is 3.94. The number of nitrogens with one attached hydrogen (secondary N) is 1. The highest BCUT2D eigenvalue weighted by Gasteiger charge is 2.11. The summed E-state index contributed by atoms with van der Waals surface area (Å²) < 4.78 is 13.4. The molecule has 0 unspecified atom stereocenters. The van der Waals surface area contributed by atoms with E-state index in [1.165, 1.54) is 0 Å². The maximum absolute atomic E-state index is 9.20. The van der Waals surface area contributed by atoms with Gasteiger partial charge in [0.1, 0.15) is 24.7 Å². The first-order valence-electron chi connectivity index (χ1n) is 12.3. The lowest BCUT2D eigenvalue weighted by atomic mass is 10.0. The summed E-state index contributed by atoms with van der Waals surface area (Å²) in [4.78, 5) is 0. The van der Waals surface area contributed by atoms with Gasteiger partial charge in [0.2, 0.25) is 0 Å². The molecule has 0 bridgehead atoms. The van der Waals surface area contributed by atoms with Gasteiger partial charge in [0, 0.05) is 28.2 Å². The Bertz CT molecular complexity index is 1350. The molecule has 5 nitrogen and oxygen atoms in total. The minimum atomic E-state index is 0.361. The van der Waals surface area contributed by atoms with Gasteiger partial charge in [-0.15, -0.1) is 0 Å². The maximum Gasteiger partial charge on any atom is 0.127 e. The molecule has 0 heterocycles. The lowest BCUT2D eigenvalue weighted by Crippen LogP contribution is -2.18. The monoisotopic (exact) mass is 555 g/mol. The third-order valence-corrected chi connectivity index (χ3v) is 6.86. The average molecular weight is 557 g/mol. The first-order valence-corrected chi connectivity index (χ1v) is 13.1. The van der Waals surface area contributed by atoms with E-state index in [1.54, 1.807) is 6.07 Å². The van der Waals surface area contributed by atoms with Crippen LogP contribution in [0.15, 0.2) is 95.5 Å². The minimum Gasteiger partial charge on any atom is -0.489 e. The minimum absolute atomic E-state index is 0.361. The van der Waals surface area contributed by atoms with Gasteiger partial charge in [-0.3, -0.25) is 0 Å². The molecule has 0 radical (unpaired) electrons. The smallest absolute Gasteiger partial charge is 0.127 e. The molecule has 0 amide bonds. The fraction of sp³-hybridized carbons (Fsp3) is 0.194. The zero-order valence-corrected chi connectivity index (χ0v) is 22.2. The van der Waals surface area contributed by atoms with Crippen molar-refractivity contribution in [3.05, 3.63) is 118 Å². The SMILES string of the molecule is N#Cc1cccc(COc2cc(OCc3cccc(-c4ccccc4)c3Br)ccc2CNCCCN)c1. The number of halogens is 1. The van der Waals surface area contributed by atoms with Gasteiger partial charge in [0.05, 0.1) is 11.6 Å². The van der Waals surface area contributed by atoms with E-state index >= 15 is 0 Å². The molecule has 4 aromatic rings. The largest absolute Gasteiger partial charge is 0.489 e. The summed E-state index contributed by atoms with van der Waals surface area (Å²) in [6.45, 7) is 2.93. The van der Waals surface area contributed by atoms with E-state index in [0.717, 1.165) is 56.8 Å². The van der Waals surface area contributed by atoms with Crippen molar-refractivity contribution in [2.24, 2.45) is 5.73 Å². The molecule has 0 spiro atoms. The number of hydrogen-bond donors (Lipinski definition) is 2. The number of ether oxygens (including phenoxy) is 2. The fourth-order valence-corrected chi connectivity index (χ4v) is 4.55. The highest BCUT2D eigenvalue weighted by Crippen LogP contribution is 2.32. The van der Waals surface area contributed by atoms with Crippen molar-refractivity contribution in [2.45, 2.75) is 26.2 Å². The highest BCUT2D eigenvalue weighted by atomic mass is 79.9. The number of hydrogen-bond acceptors (Lipinski definition) is 5. The van der Waals surface area contributed by atoms with Crippen molar-refractivity contribution in [2.75, 3.05) is 13.1 Å². The predicted molar refractivity (Wildman–Crippen MR) is 151 cm³/mol. The molecule has 0 fully saturated rings. The zero-order valence-electron chi connectivity index (χ0n) is 20.6. The van der Waals surface area contributed by atoms with Crippen LogP contribution >= 0.6 is 15.9 Å². The maximum atomic E-state index is 9.20. The number of benzene rings is 4. The van der Waals surface area contributed by atoms with E-state index in [-0.39, 0.29) is 0 Å². The second-order valence-corrected chi connectivity index (χ2v) is 9.42. The molecule has 0 saturated heterocycles. The van der Waals surface area contributed by atoms with Crippen molar-refractivity contribution in [3.8, 4) is 28.7 Å². The van der Waals surface area contributed by atoms with Crippen molar-refractivity contribution in [1.29, 1.82) is 5.26 Å². The quantitative estimate of drug-likeness (QED) is 0.193. The number of rotatable bonds is 12. The third-order valence-electron chi connectivity index (χ3n) is 5.92. The summed E-state index contributed by atoms with van der Waals surface area (Å²) in [6.07, 6.45) is 0.912. The first kappa shape index (κ1) is 26.4. The molecule has 0 aliphatic rings. The van der Waals surface area contributed by atoms with E-state index in [0.29, 0.717) is 31.9 Å². The van der Waals surface area contributed by atoms with Crippen molar-refractivity contribution in [3.63, 3.8) is 0 Å². The van der Waals surface area contributed by atoms with Crippen molar-refractivity contribution < 1.29 is 9.47 Å². The van der Waals surface area contributed by atoms with Crippen LogP contribution in [0.25, 0.3) is 11.1 Å². The van der Waals surface area contributed by atoms with E-state index in [2.05, 4.69) is 51.6 Å². The molecule has 3 N–H and O–H groups in total. The van der Waals surface area contributed by atoms with Gasteiger partial charge in [0.25, 0.3) is 0 Å². The van der Waals surface area contributed by atoms with Crippen LogP contribution in [-0.4, -0.2) is 13.1 Å². The lowest BCUT2D eigenvalue weighted by molar-refractivity contribution is 0.287. The van der Waals surface area contributed by atoms with Crippen LogP contribution < -0.4 is 20.5 Å². The van der Waals surface area contributed by atoms with Crippen LogP contribution in [0.5, 0.6) is 11.5 Å². The number of nitrogens with two attached hydrogens (primary N) is 1. The molecule has 0 aromatic heterocycles. The summed E-state index contributed by atoms with van der Waals surface area (Å²) in [7, 11) is 0. The van der Waals surface area contributed by atoms with E-state index in [9.17, 15) is 5.26 Å². The number of nitrogens with zero attached hydrogens (tertiary/aromatic N) is 1. The first-order chi connectivity index (χ1) is 18.2. The summed E-state index contributed by atoms with van der Waals surface area (Å²) in [5, 5.41) is 12.6. The Hall–Kier alpha value is -3.63. The Morgan fingerprint density at radius 1 is 0.838 bits per heavy atom. The standard InChI is InChI=1S/C31H30BrN3O2/c32-31-27(11-5-12-29(31)25-9-2-1-3-10-25)22-36-28-14-13-26(20-35-16-6-15-33)30(18-28)37-21-24-8-4-7-23(17-24)19-34/h1-5,7-14,17-18,35H,6,15-16,20-22,33H2. The second-order valence-electron chi connectivity index (χ2n) is 8.62. The molecule has 0 atom stereocenters. The van der Waals surface area contributed by atoms with Crippen LogP contribution in [-0.2, 0) is 19.8 Å². The Morgan fingerprint density at radius 3 is 2.49 bits per heavy atom. The van der Waals surface area contributed by atoms with Gasteiger partial charge >= 0.3 is 0 Å². The third kappa shape index (κ3) is 7.43. The molecule has 0 aliphatic carbocycles. The Morgan fingerprint density at radius 2 is 1.68 bits per heavy atom. The van der Waals surface area contributed by atoms with Gasteiger partial charge in [-0.25, -0.2) is 0 Å². The van der Waals surface area contributed by atoms with E-state index < -0.39 is 0 Å². The molecular weight excluding hydrogens is 526 g/mol. The summed E-state index contributed by atoms with van der Waals surface area (Å²) in [6, 6.07) is 32.1. The van der Waals surface area contributed by atoms with Gasteiger partial charge in [-0.2, -0.15) is 5.26 Å². The zero-order chi connectivity index (χ0) is 25.9. The second kappa shape index (κ2) is 13.6. The van der Waals surface area contributed by atoms with E-state index in [1.807, 2.05) is 60.7 Å². The molecule has 4 rings (SSSR count). The van der Waals surface area contributed by atoms with Crippen LogP contribution in [0.2, 0.25) is 0 Å². The van der Waals surface area contributed by atoms with Crippen molar-refractivity contribution >= 4 is 15.9 Å². The Labute approximate surface area is 227 Å². The van der Waals surface area contributed by atoms with Gasteiger partial charge in [-0.1, -0.05) is 66.7 Å².